The number of carboxylic acids is 1. The van der Waals surface area contributed by atoms with Crippen LogP contribution in [0.1, 0.15) is 31.7 Å². The number of benzene rings is 1. The molecule has 3 heterocycles. The van der Waals surface area contributed by atoms with Crippen molar-refractivity contribution in [3.63, 3.8) is 0 Å². The van der Waals surface area contributed by atoms with E-state index < -0.39 is 16.8 Å². The maximum atomic E-state index is 11.4. The highest BCUT2D eigenvalue weighted by molar-refractivity contribution is 8.16. The molecule has 2 aliphatic rings. The molecule has 1 fully saturated rings. The van der Waals surface area contributed by atoms with Gasteiger partial charge in [0.05, 0.1) is 10.2 Å². The summed E-state index contributed by atoms with van der Waals surface area (Å²) in [6.07, 6.45) is 2.51. The first-order valence-electron chi connectivity index (χ1n) is 8.09. The van der Waals surface area contributed by atoms with Gasteiger partial charge in [0.15, 0.2) is 6.04 Å². The quantitative estimate of drug-likeness (QED) is 0.904. The minimum Gasteiger partial charge on any atom is -0.480 e. The van der Waals surface area contributed by atoms with Crippen molar-refractivity contribution in [2.45, 2.75) is 37.5 Å². The first-order valence-corrected chi connectivity index (χ1v) is 9.73. The Balaban J connectivity index is 1.68. The first kappa shape index (κ1) is 15.9. The van der Waals surface area contributed by atoms with Gasteiger partial charge in [-0.3, -0.25) is 4.99 Å². The van der Waals surface area contributed by atoms with Gasteiger partial charge < -0.3 is 10.0 Å². The van der Waals surface area contributed by atoms with Crippen molar-refractivity contribution in [2.75, 3.05) is 18.0 Å². The number of hydrogen-bond acceptors (Lipinski definition) is 6. The van der Waals surface area contributed by atoms with Gasteiger partial charge in [-0.1, -0.05) is 11.8 Å². The van der Waals surface area contributed by atoms with Gasteiger partial charge in [-0.15, -0.1) is 11.3 Å². The zero-order valence-electron chi connectivity index (χ0n) is 13.7. The van der Waals surface area contributed by atoms with Crippen LogP contribution in [0.4, 0.5) is 5.69 Å². The Morgan fingerprint density at radius 3 is 2.75 bits per heavy atom. The van der Waals surface area contributed by atoms with Crippen LogP contribution in [0.5, 0.6) is 0 Å². The molecule has 24 heavy (non-hydrogen) atoms. The highest BCUT2D eigenvalue weighted by atomic mass is 32.2. The second kappa shape index (κ2) is 5.74. The molecule has 5 nitrogen and oxygen atoms in total. The number of carboxylic acid groups (broad SMARTS) is 1. The average Bonchev–Trinajstić information content (AvgIpc) is 3.23. The van der Waals surface area contributed by atoms with Gasteiger partial charge in [0.25, 0.3) is 0 Å². The van der Waals surface area contributed by atoms with E-state index in [2.05, 4.69) is 33.1 Å². The number of anilines is 1. The summed E-state index contributed by atoms with van der Waals surface area (Å²) < 4.78 is 0.689. The van der Waals surface area contributed by atoms with E-state index in [1.54, 1.807) is 11.3 Å². The van der Waals surface area contributed by atoms with Crippen LogP contribution in [-0.2, 0) is 4.79 Å². The molecule has 1 saturated heterocycles. The standard InChI is InChI=1S/C17H19N3O2S2/c1-17(2)13(16(21)22)19-15(24-17)14-18-11-6-5-10(9-12(11)23-14)20-7-3-4-8-20/h5-6,9,13H,3-4,7-8H2,1-2H3,(H,21,22)/t13-/m0/s1. The predicted molar refractivity (Wildman–Crippen MR) is 101 cm³/mol. The van der Waals surface area contributed by atoms with Gasteiger partial charge in [0.2, 0.25) is 0 Å². The fourth-order valence-corrected chi connectivity index (χ4v) is 5.43. The van der Waals surface area contributed by atoms with E-state index in [1.165, 1.54) is 30.3 Å². The number of hydrogen-bond donors (Lipinski definition) is 1. The highest BCUT2D eigenvalue weighted by Crippen LogP contribution is 2.41. The zero-order chi connectivity index (χ0) is 16.9. The largest absolute Gasteiger partial charge is 0.480 e. The molecule has 1 aromatic heterocycles. The number of aliphatic imine (C=N–C) groups is 1. The van der Waals surface area contributed by atoms with Crippen LogP contribution in [0.15, 0.2) is 23.2 Å². The van der Waals surface area contributed by atoms with Crippen LogP contribution in [0, 0.1) is 0 Å². The normalized spacial score (nSPS) is 23.0. The van der Waals surface area contributed by atoms with E-state index in [9.17, 15) is 9.90 Å². The minimum atomic E-state index is -0.875. The van der Waals surface area contributed by atoms with Gasteiger partial charge >= 0.3 is 5.97 Å². The fraction of sp³-hybridized carbons (Fsp3) is 0.471. The van der Waals surface area contributed by atoms with Crippen LogP contribution in [0.2, 0.25) is 0 Å². The van der Waals surface area contributed by atoms with Gasteiger partial charge in [0.1, 0.15) is 10.1 Å². The number of aromatic nitrogens is 1. The Hall–Kier alpha value is -1.60. The van der Waals surface area contributed by atoms with Gasteiger partial charge in [-0.25, -0.2) is 9.78 Å². The third-order valence-electron chi connectivity index (χ3n) is 4.52. The molecule has 126 valence electrons. The topological polar surface area (TPSA) is 65.8 Å². The van der Waals surface area contributed by atoms with E-state index in [0.29, 0.717) is 0 Å². The van der Waals surface area contributed by atoms with Crippen LogP contribution in [0.25, 0.3) is 10.2 Å². The molecular weight excluding hydrogens is 342 g/mol. The smallest absolute Gasteiger partial charge is 0.329 e. The Morgan fingerprint density at radius 1 is 1.33 bits per heavy atom. The molecule has 0 radical (unpaired) electrons. The Bertz CT molecular complexity index is 837. The lowest BCUT2D eigenvalue weighted by atomic mass is 10.0. The third kappa shape index (κ3) is 2.69. The van der Waals surface area contributed by atoms with E-state index in [-0.39, 0.29) is 0 Å². The molecule has 1 atom stereocenters. The maximum Gasteiger partial charge on any atom is 0.329 e. The number of rotatable bonds is 3. The lowest BCUT2D eigenvalue weighted by Gasteiger charge is -2.19. The molecule has 2 aromatic rings. The number of carbonyl (C=O) groups is 1. The Kier molecular flexibility index (Phi) is 3.80. The fourth-order valence-electron chi connectivity index (χ4n) is 3.23. The number of nitrogens with zero attached hydrogens (tertiary/aromatic N) is 3. The highest BCUT2D eigenvalue weighted by Gasteiger charge is 2.43. The van der Waals surface area contributed by atoms with E-state index in [4.69, 9.17) is 0 Å². The minimum absolute atomic E-state index is 0.445. The number of thioether (sulfide) groups is 1. The molecule has 0 aliphatic carbocycles. The van der Waals surface area contributed by atoms with Crippen molar-refractivity contribution in [1.29, 1.82) is 0 Å². The van der Waals surface area contributed by atoms with Crippen molar-refractivity contribution in [1.82, 2.24) is 4.98 Å². The van der Waals surface area contributed by atoms with E-state index in [1.807, 2.05) is 13.8 Å². The summed E-state index contributed by atoms with van der Waals surface area (Å²) in [6, 6.07) is 5.67. The van der Waals surface area contributed by atoms with E-state index >= 15 is 0 Å². The van der Waals surface area contributed by atoms with Gasteiger partial charge in [0, 0.05) is 23.5 Å². The summed E-state index contributed by atoms with van der Waals surface area (Å²) in [5.74, 6) is -0.875. The number of aliphatic carboxylic acids is 1. The average molecular weight is 361 g/mol. The van der Waals surface area contributed by atoms with Gasteiger partial charge in [-0.05, 0) is 44.9 Å². The SMILES string of the molecule is CC1(C)SC(c2nc3ccc(N4CCCC4)cc3s2)=N[C@H]1C(=O)O. The molecule has 7 heteroatoms. The lowest BCUT2D eigenvalue weighted by Crippen LogP contribution is -2.34. The van der Waals surface area contributed by atoms with Crippen molar-refractivity contribution in [2.24, 2.45) is 4.99 Å². The molecule has 0 saturated carbocycles. The number of thiazole rings is 1. The summed E-state index contributed by atoms with van der Waals surface area (Å²) in [7, 11) is 0. The second-order valence-corrected chi connectivity index (χ2v) is 9.42. The van der Waals surface area contributed by atoms with Crippen LogP contribution >= 0.6 is 23.1 Å². The van der Waals surface area contributed by atoms with Crippen LogP contribution < -0.4 is 4.90 Å². The molecule has 0 bridgehead atoms. The van der Waals surface area contributed by atoms with Crippen molar-refractivity contribution in [3.05, 3.63) is 23.2 Å². The summed E-state index contributed by atoms with van der Waals surface area (Å²) in [6.45, 7) is 6.08. The van der Waals surface area contributed by atoms with Crippen molar-refractivity contribution in [3.8, 4) is 0 Å². The van der Waals surface area contributed by atoms with Gasteiger partial charge in [-0.2, -0.15) is 0 Å². The van der Waals surface area contributed by atoms with Crippen molar-refractivity contribution >= 4 is 50.0 Å². The maximum absolute atomic E-state index is 11.4. The number of fused-ring (bicyclic) bond motifs is 1. The molecule has 2 aliphatic heterocycles. The monoisotopic (exact) mass is 361 g/mol. The third-order valence-corrected chi connectivity index (χ3v) is 6.92. The molecule has 4 rings (SSSR count). The molecule has 1 aromatic carbocycles. The summed E-state index contributed by atoms with van der Waals surface area (Å²) >= 11 is 3.11. The Morgan fingerprint density at radius 2 is 2.08 bits per heavy atom. The van der Waals surface area contributed by atoms with E-state index in [0.717, 1.165) is 33.4 Å². The molecule has 1 N–H and O–H groups in total. The van der Waals surface area contributed by atoms with Crippen LogP contribution in [0.3, 0.4) is 0 Å². The molecule has 0 unspecified atom stereocenters. The van der Waals surface area contributed by atoms with Crippen molar-refractivity contribution < 1.29 is 9.90 Å². The summed E-state index contributed by atoms with van der Waals surface area (Å²) in [5.41, 5.74) is 2.21. The Labute approximate surface area is 148 Å². The summed E-state index contributed by atoms with van der Waals surface area (Å²) in [5, 5.41) is 10.9. The van der Waals surface area contributed by atoms with Crippen LogP contribution in [-0.4, -0.2) is 45.0 Å². The zero-order valence-corrected chi connectivity index (χ0v) is 15.3. The molecule has 0 spiro atoms. The predicted octanol–water partition coefficient (Wildman–Crippen LogP) is 3.62. The lowest BCUT2D eigenvalue weighted by molar-refractivity contribution is -0.138. The molecular formula is C17H19N3O2S2. The molecule has 0 amide bonds. The second-order valence-electron chi connectivity index (χ2n) is 6.75. The summed E-state index contributed by atoms with van der Waals surface area (Å²) in [4.78, 5) is 22.9. The first-order chi connectivity index (χ1) is 11.4.